The number of hydrogen-bond acceptors (Lipinski definition) is 3. The van der Waals surface area contributed by atoms with E-state index in [2.05, 4.69) is 0 Å². The van der Waals surface area contributed by atoms with Crippen LogP contribution in [0.1, 0.15) is 44.0 Å². The minimum Gasteiger partial charge on any atom is -0.466 e. The fraction of sp³-hybridized carbons (Fsp3) is 0.444. The molecule has 0 amide bonds. The molecule has 0 heterocycles. The van der Waals surface area contributed by atoms with E-state index >= 15 is 0 Å². The largest absolute Gasteiger partial charge is 0.466 e. The van der Waals surface area contributed by atoms with Gasteiger partial charge in [-0.1, -0.05) is 41.5 Å². The van der Waals surface area contributed by atoms with Gasteiger partial charge >= 0.3 is 5.97 Å². The normalized spacial score (nSPS) is 22.0. The summed E-state index contributed by atoms with van der Waals surface area (Å²) in [6, 6.07) is 9.21. The molecular formula is C18H22O3. The van der Waals surface area contributed by atoms with Gasteiger partial charge in [0.25, 0.3) is 0 Å². The first-order chi connectivity index (χ1) is 10.0. The predicted octanol–water partition coefficient (Wildman–Crippen LogP) is 3.80. The van der Waals surface area contributed by atoms with Gasteiger partial charge in [-0.3, -0.25) is 9.59 Å². The van der Waals surface area contributed by atoms with Crippen molar-refractivity contribution in [2.45, 2.75) is 33.6 Å². The number of esters is 1. The zero-order chi connectivity index (χ0) is 15.4. The van der Waals surface area contributed by atoms with Gasteiger partial charge in [0.1, 0.15) is 0 Å². The standard InChI is InChI=1S/C18H22O3/c1-4-21-18(20)16-11-13(3)12(2)10-15(16)17(19)14-8-6-5-7-9-14/h5-9,15-16H,4,10-11H2,1-3H3/t15-,16-/m1/s1. The summed E-state index contributed by atoms with van der Waals surface area (Å²) in [5.74, 6) is -0.879. The van der Waals surface area contributed by atoms with Crippen molar-refractivity contribution in [2.24, 2.45) is 11.8 Å². The van der Waals surface area contributed by atoms with E-state index < -0.39 is 0 Å². The molecule has 3 nitrogen and oxygen atoms in total. The van der Waals surface area contributed by atoms with Gasteiger partial charge in [-0.15, -0.1) is 0 Å². The molecule has 1 aliphatic rings. The van der Waals surface area contributed by atoms with E-state index in [-0.39, 0.29) is 23.6 Å². The number of rotatable bonds is 4. The minimum atomic E-state index is -0.360. The zero-order valence-electron chi connectivity index (χ0n) is 12.9. The molecule has 0 bridgehead atoms. The lowest BCUT2D eigenvalue weighted by Gasteiger charge is -2.30. The summed E-state index contributed by atoms with van der Waals surface area (Å²) in [5, 5.41) is 0. The van der Waals surface area contributed by atoms with E-state index in [1.807, 2.05) is 44.2 Å². The molecule has 0 unspecified atom stereocenters. The average Bonchev–Trinajstić information content (AvgIpc) is 2.50. The molecule has 1 aromatic carbocycles. The minimum absolute atomic E-state index is 0.0421. The second-order valence-corrected chi connectivity index (χ2v) is 5.66. The Bertz CT molecular complexity index is 557. The topological polar surface area (TPSA) is 43.4 Å². The lowest BCUT2D eigenvalue weighted by atomic mass is 9.73. The first-order valence-electron chi connectivity index (χ1n) is 7.45. The number of ether oxygens (including phenoxy) is 1. The number of ketones is 1. The molecule has 1 aromatic rings. The van der Waals surface area contributed by atoms with Gasteiger partial charge < -0.3 is 4.74 Å². The molecule has 1 aliphatic carbocycles. The van der Waals surface area contributed by atoms with Crippen LogP contribution in [0.5, 0.6) is 0 Å². The SMILES string of the molecule is CCOC(=O)[C@@H]1CC(C)=C(C)C[C@H]1C(=O)c1ccccc1. The highest BCUT2D eigenvalue weighted by Crippen LogP contribution is 2.36. The maximum absolute atomic E-state index is 12.7. The first-order valence-corrected chi connectivity index (χ1v) is 7.45. The van der Waals surface area contributed by atoms with Crippen molar-refractivity contribution >= 4 is 11.8 Å². The maximum atomic E-state index is 12.7. The van der Waals surface area contributed by atoms with E-state index in [4.69, 9.17) is 4.74 Å². The smallest absolute Gasteiger partial charge is 0.310 e. The molecule has 0 spiro atoms. The summed E-state index contributed by atoms with van der Waals surface area (Å²) in [6.07, 6.45) is 1.26. The summed E-state index contributed by atoms with van der Waals surface area (Å²) in [5.41, 5.74) is 3.08. The number of allylic oxidation sites excluding steroid dienone is 2. The van der Waals surface area contributed by atoms with Crippen LogP contribution in [-0.4, -0.2) is 18.4 Å². The third-order valence-electron chi connectivity index (χ3n) is 4.25. The fourth-order valence-electron chi connectivity index (χ4n) is 2.88. The highest BCUT2D eigenvalue weighted by atomic mass is 16.5. The summed E-state index contributed by atoms with van der Waals surface area (Å²) < 4.78 is 5.17. The summed E-state index contributed by atoms with van der Waals surface area (Å²) >= 11 is 0. The van der Waals surface area contributed by atoms with Crippen molar-refractivity contribution in [2.75, 3.05) is 6.61 Å². The van der Waals surface area contributed by atoms with Crippen LogP contribution in [0.4, 0.5) is 0 Å². The Morgan fingerprint density at radius 2 is 1.62 bits per heavy atom. The van der Waals surface area contributed by atoms with Crippen LogP contribution in [0.3, 0.4) is 0 Å². The molecule has 0 fully saturated rings. The number of carbonyl (C=O) groups is 2. The van der Waals surface area contributed by atoms with Crippen LogP contribution < -0.4 is 0 Å². The molecular weight excluding hydrogens is 264 g/mol. The van der Waals surface area contributed by atoms with Gasteiger partial charge in [-0.25, -0.2) is 0 Å². The molecule has 0 saturated heterocycles. The number of carbonyl (C=O) groups excluding carboxylic acids is 2. The molecule has 0 radical (unpaired) electrons. The Morgan fingerprint density at radius 1 is 1.05 bits per heavy atom. The van der Waals surface area contributed by atoms with E-state index in [0.717, 1.165) is 0 Å². The van der Waals surface area contributed by atoms with Gasteiger partial charge in [-0.2, -0.15) is 0 Å². The van der Waals surface area contributed by atoms with Crippen molar-refractivity contribution in [1.82, 2.24) is 0 Å². The Kier molecular flexibility index (Phi) is 4.94. The summed E-state index contributed by atoms with van der Waals surface area (Å²) in [4.78, 5) is 24.9. The molecule has 0 N–H and O–H groups in total. The van der Waals surface area contributed by atoms with Crippen LogP contribution in [-0.2, 0) is 9.53 Å². The Labute approximate surface area is 126 Å². The van der Waals surface area contributed by atoms with Gasteiger partial charge in [0.15, 0.2) is 5.78 Å². The molecule has 21 heavy (non-hydrogen) atoms. The summed E-state index contributed by atoms with van der Waals surface area (Å²) in [6.45, 7) is 6.22. The van der Waals surface area contributed by atoms with Gasteiger partial charge in [0.05, 0.1) is 12.5 Å². The second kappa shape index (κ2) is 6.70. The number of Topliss-reactive ketones (excluding diaryl/α,β-unsaturated/α-hetero) is 1. The van der Waals surface area contributed by atoms with Gasteiger partial charge in [-0.05, 0) is 33.6 Å². The number of benzene rings is 1. The van der Waals surface area contributed by atoms with Crippen LogP contribution in [0.15, 0.2) is 41.5 Å². The van der Waals surface area contributed by atoms with Gasteiger partial charge in [0.2, 0.25) is 0 Å². The van der Waals surface area contributed by atoms with Crippen LogP contribution >= 0.6 is 0 Å². The van der Waals surface area contributed by atoms with Crippen molar-refractivity contribution in [1.29, 1.82) is 0 Å². The quantitative estimate of drug-likeness (QED) is 0.480. The van der Waals surface area contributed by atoms with Crippen molar-refractivity contribution < 1.29 is 14.3 Å². The molecule has 0 aromatic heterocycles. The van der Waals surface area contributed by atoms with E-state index in [1.54, 1.807) is 6.92 Å². The lowest BCUT2D eigenvalue weighted by Crippen LogP contribution is -2.34. The first kappa shape index (κ1) is 15.5. The third-order valence-corrected chi connectivity index (χ3v) is 4.25. The van der Waals surface area contributed by atoms with E-state index in [9.17, 15) is 9.59 Å². The second-order valence-electron chi connectivity index (χ2n) is 5.66. The average molecular weight is 286 g/mol. The molecule has 2 atom stereocenters. The lowest BCUT2D eigenvalue weighted by molar-refractivity contribution is -0.149. The highest BCUT2D eigenvalue weighted by Gasteiger charge is 2.38. The Balaban J connectivity index is 2.29. The predicted molar refractivity (Wildman–Crippen MR) is 82.0 cm³/mol. The highest BCUT2D eigenvalue weighted by molar-refractivity contribution is 6.00. The fourth-order valence-corrected chi connectivity index (χ4v) is 2.88. The van der Waals surface area contributed by atoms with Gasteiger partial charge in [0, 0.05) is 11.5 Å². The Hall–Kier alpha value is -1.90. The summed E-state index contributed by atoms with van der Waals surface area (Å²) in [7, 11) is 0. The molecule has 0 aliphatic heterocycles. The Morgan fingerprint density at radius 3 is 2.19 bits per heavy atom. The molecule has 3 heteroatoms. The monoisotopic (exact) mass is 286 g/mol. The van der Waals surface area contributed by atoms with Crippen molar-refractivity contribution in [3.63, 3.8) is 0 Å². The molecule has 2 rings (SSSR count). The van der Waals surface area contributed by atoms with E-state index in [1.165, 1.54) is 11.1 Å². The van der Waals surface area contributed by atoms with Crippen LogP contribution in [0, 0.1) is 11.8 Å². The zero-order valence-corrected chi connectivity index (χ0v) is 12.9. The molecule has 0 saturated carbocycles. The maximum Gasteiger partial charge on any atom is 0.310 e. The van der Waals surface area contributed by atoms with Crippen LogP contribution in [0.25, 0.3) is 0 Å². The van der Waals surface area contributed by atoms with E-state index in [0.29, 0.717) is 25.0 Å². The number of hydrogen-bond donors (Lipinski definition) is 0. The van der Waals surface area contributed by atoms with Crippen molar-refractivity contribution in [3.05, 3.63) is 47.0 Å². The van der Waals surface area contributed by atoms with Crippen LogP contribution in [0.2, 0.25) is 0 Å². The third kappa shape index (κ3) is 3.41. The van der Waals surface area contributed by atoms with Crippen molar-refractivity contribution in [3.8, 4) is 0 Å². The molecule has 112 valence electrons.